The van der Waals surface area contributed by atoms with E-state index in [1.807, 2.05) is 6.92 Å². The van der Waals surface area contributed by atoms with E-state index in [1.165, 1.54) is 60.8 Å². The highest BCUT2D eigenvalue weighted by Gasteiger charge is 2.19. The molecular formula is C25H22N4O5S2. The summed E-state index contributed by atoms with van der Waals surface area (Å²) in [6.45, 7) is 1.85. The van der Waals surface area contributed by atoms with E-state index >= 15 is 0 Å². The van der Waals surface area contributed by atoms with Gasteiger partial charge in [-0.15, -0.1) is 0 Å². The Morgan fingerprint density at radius 1 is 0.694 bits per heavy atom. The van der Waals surface area contributed by atoms with Gasteiger partial charge in [0.15, 0.2) is 0 Å². The third-order valence-electron chi connectivity index (χ3n) is 5.07. The average Bonchev–Trinajstić information content (AvgIpc) is 2.85. The van der Waals surface area contributed by atoms with E-state index in [-0.39, 0.29) is 26.9 Å². The number of nitrogens with zero attached hydrogens (tertiary/aromatic N) is 1. The second kappa shape index (κ2) is 10.2. The fraction of sp³-hybridized carbons (Fsp3) is 0.0400. The molecule has 4 aromatic rings. The number of hydrogen-bond acceptors (Lipinski definition) is 6. The average molecular weight is 523 g/mol. The van der Waals surface area contributed by atoms with Crippen molar-refractivity contribution >= 4 is 43.1 Å². The molecule has 0 fully saturated rings. The molecule has 11 heteroatoms. The largest absolute Gasteiger partial charge is 0.322 e. The van der Waals surface area contributed by atoms with Crippen molar-refractivity contribution in [2.24, 2.45) is 0 Å². The first-order valence-electron chi connectivity index (χ1n) is 10.7. The lowest BCUT2D eigenvalue weighted by atomic mass is 10.1. The highest BCUT2D eigenvalue weighted by molar-refractivity contribution is 7.93. The molecule has 0 radical (unpaired) electrons. The maximum absolute atomic E-state index is 12.9. The van der Waals surface area contributed by atoms with Crippen LogP contribution in [0.3, 0.4) is 0 Å². The zero-order chi connectivity index (χ0) is 25.8. The Hall–Kier alpha value is -4.22. The van der Waals surface area contributed by atoms with Gasteiger partial charge < -0.3 is 5.32 Å². The SMILES string of the molecule is Cc1ccc(S(=O)(=O)Nc2ccccc2C(=O)Nc2ccc(S(=O)(=O)Nc3ccccn3)cc2)cc1. The molecule has 0 saturated carbocycles. The van der Waals surface area contributed by atoms with Gasteiger partial charge in [-0.3, -0.25) is 14.2 Å². The van der Waals surface area contributed by atoms with Crippen molar-refractivity contribution in [3.05, 3.63) is 108 Å². The first kappa shape index (κ1) is 24.9. The van der Waals surface area contributed by atoms with Crippen LogP contribution in [0, 0.1) is 6.92 Å². The van der Waals surface area contributed by atoms with Gasteiger partial charge in [0.05, 0.1) is 21.0 Å². The molecule has 0 atom stereocenters. The van der Waals surface area contributed by atoms with E-state index in [9.17, 15) is 21.6 Å². The lowest BCUT2D eigenvalue weighted by Gasteiger charge is -2.13. The number of nitrogens with one attached hydrogen (secondary N) is 3. The van der Waals surface area contributed by atoms with Gasteiger partial charge in [0.2, 0.25) is 0 Å². The molecule has 184 valence electrons. The Morgan fingerprint density at radius 3 is 1.92 bits per heavy atom. The standard InChI is InChI=1S/C25H22N4O5S2/c1-18-9-13-20(14-10-18)35(31,32)28-23-7-3-2-6-22(23)25(30)27-19-11-15-21(16-12-19)36(33,34)29-24-8-4-5-17-26-24/h2-17,28H,1H3,(H,26,29)(H,27,30). The molecule has 0 unspecified atom stereocenters. The highest BCUT2D eigenvalue weighted by atomic mass is 32.2. The molecule has 0 aliphatic carbocycles. The highest BCUT2D eigenvalue weighted by Crippen LogP contribution is 2.23. The summed E-state index contributed by atoms with van der Waals surface area (Å²) in [5.74, 6) is -0.390. The minimum atomic E-state index is -3.92. The zero-order valence-electron chi connectivity index (χ0n) is 19.0. The molecule has 9 nitrogen and oxygen atoms in total. The Balaban J connectivity index is 1.50. The van der Waals surface area contributed by atoms with Gasteiger partial charge in [0, 0.05) is 11.9 Å². The van der Waals surface area contributed by atoms with Crippen LogP contribution in [0.2, 0.25) is 0 Å². The quantitative estimate of drug-likeness (QED) is 0.317. The van der Waals surface area contributed by atoms with Crippen molar-refractivity contribution < 1.29 is 21.6 Å². The van der Waals surface area contributed by atoms with Crippen LogP contribution in [0.15, 0.2) is 107 Å². The van der Waals surface area contributed by atoms with Gasteiger partial charge in [-0.05, 0) is 67.6 Å². The van der Waals surface area contributed by atoms with E-state index in [0.29, 0.717) is 5.69 Å². The van der Waals surface area contributed by atoms with Gasteiger partial charge in [-0.25, -0.2) is 21.8 Å². The number of carbonyl (C=O) groups excluding carboxylic acids is 1. The summed E-state index contributed by atoms with van der Waals surface area (Å²) in [5, 5.41) is 2.66. The number of aryl methyl sites for hydroxylation is 1. The molecule has 4 rings (SSSR count). The molecular weight excluding hydrogens is 500 g/mol. The minimum absolute atomic E-state index is 0.0163. The van der Waals surface area contributed by atoms with Crippen molar-refractivity contribution in [2.75, 3.05) is 14.8 Å². The fourth-order valence-corrected chi connectivity index (χ4v) is 5.31. The second-order valence-corrected chi connectivity index (χ2v) is 11.1. The number of amides is 1. The summed E-state index contributed by atoms with van der Waals surface area (Å²) in [6, 6.07) is 22.9. The molecule has 0 bridgehead atoms. The molecule has 3 N–H and O–H groups in total. The molecule has 36 heavy (non-hydrogen) atoms. The smallest absolute Gasteiger partial charge is 0.263 e. The number of hydrogen-bond donors (Lipinski definition) is 3. The van der Waals surface area contributed by atoms with Crippen molar-refractivity contribution in [3.8, 4) is 0 Å². The van der Waals surface area contributed by atoms with Crippen LogP contribution in [0.25, 0.3) is 0 Å². The van der Waals surface area contributed by atoms with E-state index in [1.54, 1.807) is 36.4 Å². The van der Waals surface area contributed by atoms with Crippen LogP contribution < -0.4 is 14.8 Å². The van der Waals surface area contributed by atoms with E-state index < -0.39 is 26.0 Å². The van der Waals surface area contributed by atoms with Crippen LogP contribution in [-0.4, -0.2) is 27.7 Å². The van der Waals surface area contributed by atoms with Crippen molar-refractivity contribution in [2.45, 2.75) is 16.7 Å². The van der Waals surface area contributed by atoms with Crippen molar-refractivity contribution in [1.29, 1.82) is 0 Å². The summed E-state index contributed by atoms with van der Waals surface area (Å²) < 4.78 is 55.6. The maximum Gasteiger partial charge on any atom is 0.263 e. The molecule has 1 aromatic heterocycles. The number of para-hydroxylation sites is 1. The summed E-state index contributed by atoms with van der Waals surface area (Å²) in [6.07, 6.45) is 1.47. The minimum Gasteiger partial charge on any atom is -0.322 e. The third kappa shape index (κ3) is 5.88. The summed E-state index contributed by atoms with van der Waals surface area (Å²) in [7, 11) is -7.78. The van der Waals surface area contributed by atoms with E-state index in [2.05, 4.69) is 19.7 Å². The monoisotopic (exact) mass is 522 g/mol. The lowest BCUT2D eigenvalue weighted by molar-refractivity contribution is 0.102. The molecule has 0 spiro atoms. The number of pyridine rings is 1. The fourth-order valence-electron chi connectivity index (χ4n) is 3.23. The van der Waals surface area contributed by atoms with Gasteiger partial charge in [-0.1, -0.05) is 35.9 Å². The van der Waals surface area contributed by atoms with Gasteiger partial charge >= 0.3 is 0 Å². The number of aromatic nitrogens is 1. The molecule has 3 aromatic carbocycles. The van der Waals surface area contributed by atoms with Gasteiger partial charge in [0.25, 0.3) is 26.0 Å². The van der Waals surface area contributed by atoms with E-state index in [4.69, 9.17) is 0 Å². The molecule has 1 amide bonds. The van der Waals surface area contributed by atoms with Crippen molar-refractivity contribution in [3.63, 3.8) is 0 Å². The van der Waals surface area contributed by atoms with Crippen LogP contribution in [-0.2, 0) is 20.0 Å². The molecule has 0 aliphatic heterocycles. The van der Waals surface area contributed by atoms with Crippen LogP contribution >= 0.6 is 0 Å². The zero-order valence-corrected chi connectivity index (χ0v) is 20.7. The first-order valence-corrected chi connectivity index (χ1v) is 13.6. The first-order chi connectivity index (χ1) is 17.1. The Kier molecular flexibility index (Phi) is 7.04. The summed E-state index contributed by atoms with van der Waals surface area (Å²) in [5.41, 5.74) is 1.45. The van der Waals surface area contributed by atoms with Gasteiger partial charge in [-0.2, -0.15) is 0 Å². The second-order valence-electron chi connectivity index (χ2n) is 7.76. The van der Waals surface area contributed by atoms with Crippen molar-refractivity contribution in [1.82, 2.24) is 4.98 Å². The normalized spacial score (nSPS) is 11.5. The van der Waals surface area contributed by atoms with Crippen LogP contribution in [0.5, 0.6) is 0 Å². The van der Waals surface area contributed by atoms with Gasteiger partial charge in [0.1, 0.15) is 5.82 Å². The molecule has 0 saturated heterocycles. The Morgan fingerprint density at radius 2 is 1.28 bits per heavy atom. The number of anilines is 3. The molecule has 0 aliphatic rings. The predicted octanol–water partition coefficient (Wildman–Crippen LogP) is 4.24. The number of rotatable bonds is 8. The number of sulfonamides is 2. The predicted molar refractivity (Wildman–Crippen MR) is 138 cm³/mol. The van der Waals surface area contributed by atoms with Crippen LogP contribution in [0.4, 0.5) is 17.2 Å². The maximum atomic E-state index is 12.9. The van der Waals surface area contributed by atoms with Crippen LogP contribution in [0.1, 0.15) is 15.9 Å². The lowest BCUT2D eigenvalue weighted by Crippen LogP contribution is -2.18. The Labute approximate surface area is 209 Å². The summed E-state index contributed by atoms with van der Waals surface area (Å²) in [4.78, 5) is 16.9. The molecule has 1 heterocycles. The number of carbonyl (C=O) groups is 1. The van der Waals surface area contributed by atoms with E-state index in [0.717, 1.165) is 5.56 Å². The third-order valence-corrected chi connectivity index (χ3v) is 7.83. The Bertz CT molecular complexity index is 1590. The number of benzene rings is 3. The topological polar surface area (TPSA) is 134 Å². The summed E-state index contributed by atoms with van der Waals surface area (Å²) >= 11 is 0.